The van der Waals surface area contributed by atoms with Crippen LogP contribution in [0.15, 0.2) is 30.6 Å². The molecule has 0 aliphatic rings. The molecule has 2 aromatic heterocycles. The van der Waals surface area contributed by atoms with Crippen LogP contribution in [0.3, 0.4) is 0 Å². The van der Waals surface area contributed by atoms with E-state index < -0.39 is 0 Å². The Morgan fingerprint density at radius 3 is 2.81 bits per heavy atom. The largest absolute Gasteiger partial charge is 0.382 e. The number of anilines is 1. The van der Waals surface area contributed by atoms with Gasteiger partial charge in [-0.1, -0.05) is 0 Å². The number of nitrogens with one attached hydrogen (secondary N) is 2. The molecular formula is C10H11N5O. The minimum Gasteiger partial charge on any atom is -0.382 e. The van der Waals surface area contributed by atoms with Gasteiger partial charge in [-0.2, -0.15) is 5.10 Å². The highest BCUT2D eigenvalue weighted by Crippen LogP contribution is 2.01. The maximum atomic E-state index is 11.6. The van der Waals surface area contributed by atoms with E-state index in [0.717, 1.165) is 5.56 Å². The van der Waals surface area contributed by atoms with Crippen LogP contribution in [0.2, 0.25) is 0 Å². The van der Waals surface area contributed by atoms with E-state index in [1.807, 2.05) is 12.1 Å². The first-order valence-corrected chi connectivity index (χ1v) is 4.73. The average Bonchev–Trinajstić information content (AvgIpc) is 2.74. The zero-order valence-corrected chi connectivity index (χ0v) is 8.47. The second kappa shape index (κ2) is 4.43. The molecule has 2 aromatic rings. The lowest BCUT2D eigenvalue weighted by Crippen LogP contribution is -2.23. The van der Waals surface area contributed by atoms with Crippen molar-refractivity contribution >= 4 is 11.7 Å². The lowest BCUT2D eigenvalue weighted by Gasteiger charge is -2.02. The fourth-order valence-corrected chi connectivity index (χ4v) is 1.23. The Morgan fingerprint density at radius 1 is 1.44 bits per heavy atom. The molecule has 2 heterocycles. The first kappa shape index (κ1) is 10.2. The molecule has 6 heteroatoms. The molecule has 0 atom stereocenters. The van der Waals surface area contributed by atoms with Crippen molar-refractivity contribution in [3.63, 3.8) is 0 Å². The predicted octanol–water partition coefficient (Wildman–Crippen LogP) is 0.317. The molecule has 0 aromatic carbocycles. The third-order valence-electron chi connectivity index (χ3n) is 2.04. The quantitative estimate of drug-likeness (QED) is 0.689. The second-order valence-corrected chi connectivity index (χ2v) is 3.24. The van der Waals surface area contributed by atoms with Crippen molar-refractivity contribution in [1.82, 2.24) is 20.5 Å². The van der Waals surface area contributed by atoms with Gasteiger partial charge in [-0.25, -0.2) is 0 Å². The predicted molar refractivity (Wildman–Crippen MR) is 58.4 cm³/mol. The number of carbonyl (C=O) groups excluding carboxylic acids is 1. The smallest absolute Gasteiger partial charge is 0.269 e. The first-order chi connectivity index (χ1) is 7.75. The molecular weight excluding hydrogens is 206 g/mol. The van der Waals surface area contributed by atoms with Gasteiger partial charge in [0.25, 0.3) is 5.91 Å². The maximum absolute atomic E-state index is 11.6. The number of nitrogen functional groups attached to an aromatic ring is 1. The molecule has 0 bridgehead atoms. The highest BCUT2D eigenvalue weighted by atomic mass is 16.1. The van der Waals surface area contributed by atoms with E-state index in [0.29, 0.717) is 18.1 Å². The highest BCUT2D eigenvalue weighted by molar-refractivity contribution is 5.92. The standard InChI is InChI=1S/C10H11N5O/c11-9-5-8(14-15-9)10(16)13-6-7-1-3-12-4-2-7/h1-5H,6H2,(H,13,16)(H3,11,14,15). The van der Waals surface area contributed by atoms with Gasteiger partial charge in [0.05, 0.1) is 0 Å². The number of aromatic nitrogens is 3. The van der Waals surface area contributed by atoms with Crippen molar-refractivity contribution in [3.8, 4) is 0 Å². The highest BCUT2D eigenvalue weighted by Gasteiger charge is 2.07. The fourth-order valence-electron chi connectivity index (χ4n) is 1.23. The molecule has 0 fully saturated rings. The number of pyridine rings is 1. The Hall–Kier alpha value is -2.37. The molecule has 6 nitrogen and oxygen atoms in total. The zero-order valence-electron chi connectivity index (χ0n) is 8.47. The van der Waals surface area contributed by atoms with E-state index in [-0.39, 0.29) is 5.91 Å². The van der Waals surface area contributed by atoms with Crippen LogP contribution in [0.1, 0.15) is 16.1 Å². The van der Waals surface area contributed by atoms with E-state index in [2.05, 4.69) is 20.5 Å². The molecule has 0 radical (unpaired) electrons. The van der Waals surface area contributed by atoms with Crippen molar-refractivity contribution < 1.29 is 4.79 Å². The van der Waals surface area contributed by atoms with Crippen LogP contribution in [0.25, 0.3) is 0 Å². The van der Waals surface area contributed by atoms with Gasteiger partial charge in [0, 0.05) is 25.0 Å². The summed E-state index contributed by atoms with van der Waals surface area (Å²) in [4.78, 5) is 15.5. The van der Waals surface area contributed by atoms with Crippen molar-refractivity contribution in [2.45, 2.75) is 6.54 Å². The third kappa shape index (κ3) is 2.35. The average molecular weight is 217 g/mol. The summed E-state index contributed by atoms with van der Waals surface area (Å²) in [6.07, 6.45) is 3.35. The number of hydrogen-bond acceptors (Lipinski definition) is 4. The van der Waals surface area contributed by atoms with Crippen LogP contribution in [0.5, 0.6) is 0 Å². The fraction of sp³-hybridized carbons (Fsp3) is 0.100. The molecule has 0 aliphatic carbocycles. The monoisotopic (exact) mass is 217 g/mol. The topological polar surface area (TPSA) is 96.7 Å². The molecule has 4 N–H and O–H groups in total. The van der Waals surface area contributed by atoms with Crippen LogP contribution >= 0.6 is 0 Å². The Kier molecular flexibility index (Phi) is 2.81. The molecule has 0 spiro atoms. The summed E-state index contributed by atoms with van der Waals surface area (Å²) in [6, 6.07) is 5.16. The lowest BCUT2D eigenvalue weighted by atomic mass is 10.2. The molecule has 1 amide bonds. The summed E-state index contributed by atoms with van der Waals surface area (Å²) in [5, 5.41) is 8.95. The zero-order chi connectivity index (χ0) is 11.4. The summed E-state index contributed by atoms with van der Waals surface area (Å²) in [7, 11) is 0. The van der Waals surface area contributed by atoms with E-state index in [1.165, 1.54) is 6.07 Å². The summed E-state index contributed by atoms with van der Waals surface area (Å²) in [5.74, 6) is 0.0649. The van der Waals surface area contributed by atoms with Gasteiger partial charge in [-0.15, -0.1) is 0 Å². The minimum atomic E-state index is -0.235. The van der Waals surface area contributed by atoms with Gasteiger partial charge in [-0.3, -0.25) is 14.9 Å². The van der Waals surface area contributed by atoms with E-state index in [9.17, 15) is 4.79 Å². The van der Waals surface area contributed by atoms with E-state index >= 15 is 0 Å². The van der Waals surface area contributed by atoms with E-state index in [4.69, 9.17) is 5.73 Å². The van der Waals surface area contributed by atoms with Crippen LogP contribution in [0.4, 0.5) is 5.82 Å². The molecule has 0 saturated heterocycles. The molecule has 16 heavy (non-hydrogen) atoms. The van der Waals surface area contributed by atoms with Crippen LogP contribution in [0, 0.1) is 0 Å². The Balaban J connectivity index is 1.94. The Labute approximate surface area is 91.9 Å². The van der Waals surface area contributed by atoms with Gasteiger partial charge in [-0.05, 0) is 17.7 Å². The van der Waals surface area contributed by atoms with Crippen molar-refractivity contribution in [2.75, 3.05) is 5.73 Å². The number of nitrogens with zero attached hydrogens (tertiary/aromatic N) is 2. The molecule has 0 saturated carbocycles. The number of hydrogen-bond donors (Lipinski definition) is 3. The van der Waals surface area contributed by atoms with Crippen LogP contribution in [-0.2, 0) is 6.54 Å². The molecule has 0 aliphatic heterocycles. The number of nitrogens with two attached hydrogens (primary N) is 1. The Morgan fingerprint density at radius 2 is 2.19 bits per heavy atom. The number of H-pyrrole nitrogens is 1. The second-order valence-electron chi connectivity index (χ2n) is 3.24. The molecule has 0 unspecified atom stereocenters. The van der Waals surface area contributed by atoms with Crippen molar-refractivity contribution in [1.29, 1.82) is 0 Å². The first-order valence-electron chi connectivity index (χ1n) is 4.73. The number of carbonyl (C=O) groups is 1. The number of amides is 1. The minimum absolute atomic E-state index is 0.235. The third-order valence-corrected chi connectivity index (χ3v) is 2.04. The van der Waals surface area contributed by atoms with Crippen molar-refractivity contribution in [2.24, 2.45) is 0 Å². The SMILES string of the molecule is Nc1cc(C(=O)NCc2ccncc2)[nH]n1. The molecule has 2 rings (SSSR count). The van der Waals surface area contributed by atoms with Crippen molar-refractivity contribution in [3.05, 3.63) is 41.9 Å². The summed E-state index contributed by atoms with van der Waals surface area (Å²) in [5.41, 5.74) is 6.73. The van der Waals surface area contributed by atoms with Gasteiger partial charge < -0.3 is 11.1 Å². The summed E-state index contributed by atoms with van der Waals surface area (Å²) >= 11 is 0. The lowest BCUT2D eigenvalue weighted by molar-refractivity contribution is 0.0946. The Bertz CT molecular complexity index is 479. The van der Waals surface area contributed by atoms with Gasteiger partial charge in [0.2, 0.25) is 0 Å². The summed E-state index contributed by atoms with van der Waals surface area (Å²) < 4.78 is 0. The van der Waals surface area contributed by atoms with Crippen LogP contribution < -0.4 is 11.1 Å². The van der Waals surface area contributed by atoms with Crippen LogP contribution in [-0.4, -0.2) is 21.1 Å². The number of aromatic amines is 1. The normalized spacial score (nSPS) is 10.0. The van der Waals surface area contributed by atoms with E-state index in [1.54, 1.807) is 12.4 Å². The maximum Gasteiger partial charge on any atom is 0.269 e. The summed E-state index contributed by atoms with van der Waals surface area (Å²) in [6.45, 7) is 0.445. The number of rotatable bonds is 3. The van der Waals surface area contributed by atoms with Gasteiger partial charge >= 0.3 is 0 Å². The van der Waals surface area contributed by atoms with Gasteiger partial charge in [0.15, 0.2) is 0 Å². The molecule has 82 valence electrons. The van der Waals surface area contributed by atoms with Gasteiger partial charge in [0.1, 0.15) is 11.5 Å².